The fourth-order valence-corrected chi connectivity index (χ4v) is 11.2. The molecule has 0 aromatic carbocycles. The second kappa shape index (κ2) is 30.6. The van der Waals surface area contributed by atoms with Gasteiger partial charge in [-0.25, -0.2) is 4.79 Å². The van der Waals surface area contributed by atoms with E-state index in [0.717, 1.165) is 18.4 Å². The van der Waals surface area contributed by atoms with Gasteiger partial charge in [0.05, 0.1) is 64.1 Å². The molecule has 1 saturated carbocycles. The minimum Gasteiger partial charge on any atom is -0.460 e. The molecule has 2 unspecified atom stereocenters. The number of rotatable bonds is 14. The van der Waals surface area contributed by atoms with Crippen LogP contribution in [0.4, 0.5) is 0 Å². The van der Waals surface area contributed by atoms with Crippen LogP contribution < -0.4 is 0 Å². The van der Waals surface area contributed by atoms with E-state index in [-0.39, 0.29) is 80.0 Å². The molecule has 75 heavy (non-hydrogen) atoms. The molecule has 0 aromatic rings. The first kappa shape index (κ1) is 62.4. The number of aliphatic hydroxyl groups is 2. The summed E-state index contributed by atoms with van der Waals surface area (Å²) in [6, 6.07) is -1.15. The summed E-state index contributed by atoms with van der Waals surface area (Å²) in [6.45, 7) is 15.4. The van der Waals surface area contributed by atoms with Crippen LogP contribution in [-0.4, -0.2) is 173 Å². The molecule has 0 spiro atoms. The molecule has 17 heteroatoms. The monoisotopic (exact) mass is 1060 g/mol. The number of ketones is 3. The van der Waals surface area contributed by atoms with Gasteiger partial charge in [-0.3, -0.25) is 19.2 Å². The summed E-state index contributed by atoms with van der Waals surface area (Å²) in [7, 11) is 4.66. The first-order chi connectivity index (χ1) is 35.8. The topological polar surface area (TPSA) is 212 Å². The summed E-state index contributed by atoms with van der Waals surface area (Å²) >= 11 is 0. The summed E-state index contributed by atoms with van der Waals surface area (Å²) in [4.78, 5) is 73.0. The number of hydrogen-bond donors (Lipinski definition) is 2. The van der Waals surface area contributed by atoms with Crippen molar-refractivity contribution in [3.63, 3.8) is 0 Å². The van der Waals surface area contributed by atoms with Gasteiger partial charge in [0.15, 0.2) is 5.78 Å². The van der Waals surface area contributed by atoms with Crippen molar-refractivity contribution in [3.8, 4) is 0 Å². The lowest BCUT2D eigenvalue weighted by molar-refractivity contribution is -0.266. The Labute approximate surface area is 446 Å². The van der Waals surface area contributed by atoms with Gasteiger partial charge in [0, 0.05) is 58.5 Å². The molecule has 5 rings (SSSR count). The Morgan fingerprint density at radius 2 is 1.57 bits per heavy atom. The van der Waals surface area contributed by atoms with Crippen LogP contribution in [0.2, 0.25) is 0 Å². The molecular formula is C58H91NO16. The number of carbonyl (C=O) groups excluding carboxylic acids is 5. The van der Waals surface area contributed by atoms with E-state index in [0.29, 0.717) is 83.6 Å². The maximum atomic E-state index is 14.6. The molecule has 0 radical (unpaired) electrons. The van der Waals surface area contributed by atoms with Gasteiger partial charge in [-0.2, -0.15) is 0 Å². The smallest absolute Gasteiger partial charge is 0.329 e. The van der Waals surface area contributed by atoms with Crippen molar-refractivity contribution in [1.29, 1.82) is 0 Å². The van der Waals surface area contributed by atoms with Crippen molar-refractivity contribution in [1.82, 2.24) is 4.90 Å². The number of fused-ring (bicyclic) bond motifs is 3. The largest absolute Gasteiger partial charge is 0.460 e. The fraction of sp³-hybridized carbons (Fsp3) is 0.776. The standard InChI is InChI=1S/C58H91NO16/c1-36-16-12-11-13-17-37(2)49(72-27-26-70-25-24-67-8)32-44-21-19-42(7)58(66,75-44)55(63)56(64)59-23-15-14-18-46(59)57(65)74-50(39(4)30-43-20-22-48(51(31-43)68-9)73-45-34-71-35-45)33-47(60)38(3)29-41(6)53(62)54(69-10)52(61)40(5)28-36/h11-13,16-17,29,36,38-40,42-46,48-51,53-54,62,66H,14-15,18-28,30-35H2,1-10H3/b13-11?,16-12+,37-17?,41-29+/t36-,38-,39-,40-,42-,43+,44+,46+,48?,49?,50+,51-,53-,54+,58-/m1/s1. The minimum atomic E-state index is -2.47. The van der Waals surface area contributed by atoms with Crippen LogP contribution in [0.1, 0.15) is 126 Å². The second-order valence-corrected chi connectivity index (χ2v) is 22.1. The van der Waals surface area contributed by atoms with Gasteiger partial charge < -0.3 is 57.7 Å². The van der Waals surface area contributed by atoms with E-state index < -0.39 is 77.8 Å². The van der Waals surface area contributed by atoms with Crippen LogP contribution in [0, 0.1) is 35.5 Å². The van der Waals surface area contributed by atoms with Gasteiger partial charge in [-0.1, -0.05) is 71.1 Å². The molecule has 0 aromatic heterocycles. The van der Waals surface area contributed by atoms with Crippen molar-refractivity contribution in [3.05, 3.63) is 47.6 Å². The van der Waals surface area contributed by atoms with Crippen molar-refractivity contribution in [2.75, 3.05) is 67.5 Å². The predicted octanol–water partition coefficient (Wildman–Crippen LogP) is 6.64. The van der Waals surface area contributed by atoms with Crippen molar-refractivity contribution in [2.45, 2.75) is 186 Å². The quantitative estimate of drug-likeness (QED) is 0.0808. The Hall–Kier alpha value is -3.49. The summed E-state index contributed by atoms with van der Waals surface area (Å²) in [5, 5.41) is 23.7. The molecule has 1 aliphatic carbocycles. The molecule has 2 N–H and O–H groups in total. The zero-order valence-electron chi connectivity index (χ0n) is 46.6. The average molecular weight is 1060 g/mol. The van der Waals surface area contributed by atoms with Gasteiger partial charge in [0.1, 0.15) is 36.2 Å². The molecule has 15 atom stereocenters. The summed E-state index contributed by atoms with van der Waals surface area (Å²) < 4.78 is 52.9. The molecule has 2 bridgehead atoms. The number of nitrogens with zero attached hydrogens (tertiary/aromatic N) is 1. The normalized spacial score (nSPS) is 36.7. The second-order valence-electron chi connectivity index (χ2n) is 22.1. The molecule has 4 fully saturated rings. The highest BCUT2D eigenvalue weighted by molar-refractivity contribution is 6.39. The Morgan fingerprint density at radius 1 is 0.827 bits per heavy atom. The molecule has 17 nitrogen and oxygen atoms in total. The van der Waals surface area contributed by atoms with Gasteiger partial charge in [0.2, 0.25) is 5.79 Å². The molecule has 4 heterocycles. The van der Waals surface area contributed by atoms with E-state index in [1.165, 1.54) is 12.0 Å². The first-order valence-corrected chi connectivity index (χ1v) is 27.7. The number of cyclic esters (lactones) is 1. The van der Waals surface area contributed by atoms with Gasteiger partial charge in [0.25, 0.3) is 11.7 Å². The average Bonchev–Trinajstić information content (AvgIpc) is 3.38. The van der Waals surface area contributed by atoms with E-state index in [4.69, 9.17) is 42.6 Å². The number of piperidine rings is 1. The lowest BCUT2D eigenvalue weighted by atomic mass is 9.78. The highest BCUT2D eigenvalue weighted by Gasteiger charge is 2.53. The first-order valence-electron chi connectivity index (χ1n) is 27.7. The highest BCUT2D eigenvalue weighted by atomic mass is 16.6. The number of aliphatic hydroxyl groups excluding tert-OH is 1. The summed E-state index contributed by atoms with van der Waals surface area (Å²) in [5.74, 6) is -8.02. The third-order valence-electron chi connectivity index (χ3n) is 16.1. The Morgan fingerprint density at radius 3 is 2.27 bits per heavy atom. The number of ether oxygens (including phenoxy) is 9. The number of methoxy groups -OCH3 is 3. The fourth-order valence-electron chi connectivity index (χ4n) is 11.2. The molecule has 1 amide bonds. The third-order valence-corrected chi connectivity index (χ3v) is 16.1. The van der Waals surface area contributed by atoms with Gasteiger partial charge in [-0.15, -0.1) is 0 Å². The van der Waals surface area contributed by atoms with Crippen molar-refractivity contribution < 1.29 is 76.8 Å². The van der Waals surface area contributed by atoms with E-state index in [2.05, 4.69) is 0 Å². The highest BCUT2D eigenvalue weighted by Crippen LogP contribution is 2.38. The molecular weight excluding hydrogens is 967 g/mol. The van der Waals surface area contributed by atoms with Crippen LogP contribution in [0.15, 0.2) is 47.6 Å². The Bertz CT molecular complexity index is 1980. The molecule has 5 aliphatic rings. The van der Waals surface area contributed by atoms with Crippen molar-refractivity contribution in [2.24, 2.45) is 35.5 Å². The number of allylic oxidation sites excluding steroid dienone is 6. The lowest BCUT2D eigenvalue weighted by Gasteiger charge is -2.43. The van der Waals surface area contributed by atoms with Crippen LogP contribution >= 0.6 is 0 Å². The maximum absolute atomic E-state index is 14.6. The number of amides is 1. The minimum absolute atomic E-state index is 0.00449. The molecule has 3 saturated heterocycles. The Balaban J connectivity index is 1.45. The number of carbonyl (C=O) groups is 5. The number of esters is 1. The summed E-state index contributed by atoms with van der Waals surface area (Å²) in [6.07, 6.45) is 12.2. The van der Waals surface area contributed by atoms with Crippen LogP contribution in [-0.2, 0) is 66.6 Å². The van der Waals surface area contributed by atoms with E-state index >= 15 is 0 Å². The Kier molecular flexibility index (Phi) is 25.4. The number of hydrogen-bond acceptors (Lipinski definition) is 16. The van der Waals surface area contributed by atoms with Crippen molar-refractivity contribution >= 4 is 29.2 Å². The zero-order chi connectivity index (χ0) is 54.8. The number of Topliss-reactive ketones (excluding diaryl/α,β-unsaturated/α-hetero) is 3. The SMILES string of the molecule is COCCOCCOC1C[C@@H]2CC[C@@H](C)[C@@](O)(O2)C(=O)C(=O)N2CCCC[C@H]2C(=O)O[C@H]([C@H](C)C[C@@H]2CCC(OC3COC3)[C@H](OC)C2)CC(=O)[C@H](C)/C=C(\C)[C@@H](O)[C@@H](OC)C(=O)[C@H](C)C[C@H](C)/C=C/C=CC=C1C. The third kappa shape index (κ3) is 17.8. The van der Waals surface area contributed by atoms with E-state index in [9.17, 15) is 34.2 Å². The molecule has 424 valence electrons. The lowest BCUT2D eigenvalue weighted by Crippen LogP contribution is -2.61. The van der Waals surface area contributed by atoms with Gasteiger partial charge in [-0.05, 0) is 107 Å². The van der Waals surface area contributed by atoms with E-state index in [1.807, 2.05) is 58.1 Å². The summed E-state index contributed by atoms with van der Waals surface area (Å²) in [5.41, 5.74) is 1.24. The molecule has 4 aliphatic heterocycles. The van der Waals surface area contributed by atoms with Gasteiger partial charge >= 0.3 is 5.97 Å². The van der Waals surface area contributed by atoms with Crippen LogP contribution in [0.25, 0.3) is 0 Å². The zero-order valence-corrected chi connectivity index (χ0v) is 46.6. The van der Waals surface area contributed by atoms with E-state index in [1.54, 1.807) is 41.1 Å². The van der Waals surface area contributed by atoms with Crippen LogP contribution in [0.5, 0.6) is 0 Å². The predicted molar refractivity (Wildman–Crippen MR) is 280 cm³/mol. The van der Waals surface area contributed by atoms with Crippen LogP contribution in [0.3, 0.4) is 0 Å². The maximum Gasteiger partial charge on any atom is 0.329 e.